The quantitative estimate of drug-likeness (QED) is 0.758. The van der Waals surface area contributed by atoms with Gasteiger partial charge >= 0.3 is 0 Å². The fourth-order valence-corrected chi connectivity index (χ4v) is 2.94. The van der Waals surface area contributed by atoms with Gasteiger partial charge in [-0.15, -0.1) is 0 Å². The molecular formula is C13H15BrINO2. The topological polar surface area (TPSA) is 38.3 Å². The van der Waals surface area contributed by atoms with Crippen LogP contribution < -0.4 is 5.32 Å². The number of benzene rings is 1. The lowest BCUT2D eigenvalue weighted by Crippen LogP contribution is -2.38. The zero-order valence-electron chi connectivity index (χ0n) is 10.1. The molecule has 5 heteroatoms. The predicted molar refractivity (Wildman–Crippen MR) is 82.7 cm³/mol. The second-order valence-corrected chi connectivity index (χ2v) is 6.61. The lowest BCUT2D eigenvalue weighted by Gasteiger charge is -2.19. The lowest BCUT2D eigenvalue weighted by atomic mass is 10.0. The number of hydrogen-bond acceptors (Lipinski definition) is 2. The Morgan fingerprint density at radius 3 is 3.06 bits per heavy atom. The van der Waals surface area contributed by atoms with E-state index < -0.39 is 0 Å². The van der Waals surface area contributed by atoms with Crippen molar-refractivity contribution in [3.8, 4) is 0 Å². The standard InChI is InChI=1S/C13H15BrINO2/c1-8(9-4-5-18-7-9)16-13(17)11-6-10(15)2-3-12(11)14/h2-3,6,8-9H,4-5,7H2,1H3,(H,16,17). The molecule has 3 nitrogen and oxygen atoms in total. The molecule has 0 aromatic heterocycles. The van der Waals surface area contributed by atoms with Gasteiger partial charge in [-0.25, -0.2) is 0 Å². The number of carbonyl (C=O) groups excluding carboxylic acids is 1. The van der Waals surface area contributed by atoms with Crippen LogP contribution in [0.1, 0.15) is 23.7 Å². The Morgan fingerprint density at radius 1 is 1.61 bits per heavy atom. The molecule has 18 heavy (non-hydrogen) atoms. The molecule has 1 amide bonds. The lowest BCUT2D eigenvalue weighted by molar-refractivity contribution is 0.0921. The molecule has 1 aliphatic heterocycles. The highest BCUT2D eigenvalue weighted by molar-refractivity contribution is 14.1. The van der Waals surface area contributed by atoms with Crippen LogP contribution in [0.3, 0.4) is 0 Å². The first-order valence-electron chi connectivity index (χ1n) is 5.91. The van der Waals surface area contributed by atoms with E-state index in [1.54, 1.807) is 0 Å². The summed E-state index contributed by atoms with van der Waals surface area (Å²) in [5, 5.41) is 3.05. The second kappa shape index (κ2) is 6.34. The molecule has 0 bridgehead atoms. The smallest absolute Gasteiger partial charge is 0.252 e. The van der Waals surface area contributed by atoms with Gasteiger partial charge in [0, 0.05) is 26.6 Å². The fraction of sp³-hybridized carbons (Fsp3) is 0.462. The maximum atomic E-state index is 12.2. The van der Waals surface area contributed by atoms with Crippen LogP contribution in [0.25, 0.3) is 0 Å². The fourth-order valence-electron chi connectivity index (χ4n) is 2.02. The Morgan fingerprint density at radius 2 is 2.39 bits per heavy atom. The molecule has 0 saturated carbocycles. The van der Waals surface area contributed by atoms with Crippen molar-refractivity contribution in [2.45, 2.75) is 19.4 Å². The molecule has 1 heterocycles. The van der Waals surface area contributed by atoms with Crippen molar-refractivity contribution in [3.63, 3.8) is 0 Å². The van der Waals surface area contributed by atoms with Crippen molar-refractivity contribution < 1.29 is 9.53 Å². The first-order chi connectivity index (χ1) is 8.58. The van der Waals surface area contributed by atoms with Crippen LogP contribution in [0.2, 0.25) is 0 Å². The van der Waals surface area contributed by atoms with Crippen molar-refractivity contribution in [2.24, 2.45) is 5.92 Å². The third kappa shape index (κ3) is 3.45. The molecule has 1 fully saturated rings. The number of halogens is 2. The van der Waals surface area contributed by atoms with Crippen LogP contribution in [-0.2, 0) is 4.74 Å². The minimum Gasteiger partial charge on any atom is -0.381 e. The van der Waals surface area contributed by atoms with E-state index in [0.717, 1.165) is 27.7 Å². The summed E-state index contributed by atoms with van der Waals surface area (Å²) in [5.41, 5.74) is 0.688. The Balaban J connectivity index is 2.04. The summed E-state index contributed by atoms with van der Waals surface area (Å²) in [4.78, 5) is 12.2. The molecule has 1 aromatic carbocycles. The van der Waals surface area contributed by atoms with Crippen molar-refractivity contribution in [3.05, 3.63) is 31.8 Å². The minimum absolute atomic E-state index is 0.0280. The Bertz CT molecular complexity index is 447. The molecule has 98 valence electrons. The van der Waals surface area contributed by atoms with E-state index in [0.29, 0.717) is 11.5 Å². The molecule has 2 atom stereocenters. The number of hydrogen-bond donors (Lipinski definition) is 1. The highest BCUT2D eigenvalue weighted by Gasteiger charge is 2.24. The molecular weight excluding hydrogens is 409 g/mol. The third-order valence-electron chi connectivity index (χ3n) is 3.20. The first-order valence-corrected chi connectivity index (χ1v) is 7.79. The number of ether oxygens (including phenoxy) is 1. The van der Waals surface area contributed by atoms with Gasteiger partial charge in [0.2, 0.25) is 0 Å². The average Bonchev–Trinajstić information content (AvgIpc) is 2.85. The van der Waals surface area contributed by atoms with Crippen LogP contribution in [0.15, 0.2) is 22.7 Å². The summed E-state index contributed by atoms with van der Waals surface area (Å²) in [7, 11) is 0. The van der Waals surface area contributed by atoms with Crippen LogP contribution >= 0.6 is 38.5 Å². The number of nitrogens with one attached hydrogen (secondary N) is 1. The van der Waals surface area contributed by atoms with Gasteiger partial charge in [-0.2, -0.15) is 0 Å². The molecule has 1 aliphatic rings. The maximum absolute atomic E-state index is 12.2. The summed E-state index contributed by atoms with van der Waals surface area (Å²) in [6, 6.07) is 5.90. The van der Waals surface area contributed by atoms with Gasteiger partial charge < -0.3 is 10.1 Å². The van der Waals surface area contributed by atoms with Crippen LogP contribution in [-0.4, -0.2) is 25.2 Å². The molecule has 1 N–H and O–H groups in total. The molecule has 0 aliphatic carbocycles. The van der Waals surface area contributed by atoms with Crippen molar-refractivity contribution in [2.75, 3.05) is 13.2 Å². The SMILES string of the molecule is CC(NC(=O)c1cc(I)ccc1Br)C1CCOC1. The second-order valence-electron chi connectivity index (χ2n) is 4.51. The summed E-state index contributed by atoms with van der Waals surface area (Å²) < 4.78 is 7.23. The monoisotopic (exact) mass is 423 g/mol. The van der Waals surface area contributed by atoms with Gasteiger partial charge in [0.1, 0.15) is 0 Å². The van der Waals surface area contributed by atoms with Gasteiger partial charge in [0.25, 0.3) is 5.91 Å². The third-order valence-corrected chi connectivity index (χ3v) is 4.57. The largest absolute Gasteiger partial charge is 0.381 e. The molecule has 1 saturated heterocycles. The van der Waals surface area contributed by atoms with Crippen LogP contribution in [0.4, 0.5) is 0 Å². The predicted octanol–water partition coefficient (Wildman–Crippen LogP) is 3.21. The minimum atomic E-state index is -0.0280. The van der Waals surface area contributed by atoms with Crippen molar-refractivity contribution >= 4 is 44.4 Å². The molecule has 0 radical (unpaired) electrons. The van der Waals surface area contributed by atoms with Crippen LogP contribution in [0, 0.1) is 9.49 Å². The van der Waals surface area contributed by atoms with Gasteiger partial charge in [-0.3, -0.25) is 4.79 Å². The van der Waals surface area contributed by atoms with E-state index >= 15 is 0 Å². The van der Waals surface area contributed by atoms with Gasteiger partial charge in [-0.05, 0) is 70.1 Å². The molecule has 2 unspecified atom stereocenters. The zero-order valence-corrected chi connectivity index (χ0v) is 13.8. The number of carbonyl (C=O) groups is 1. The summed E-state index contributed by atoms with van der Waals surface area (Å²) in [6.45, 7) is 3.59. The Kier molecular flexibility index (Phi) is 5.03. The summed E-state index contributed by atoms with van der Waals surface area (Å²) >= 11 is 5.62. The first kappa shape index (κ1) is 14.3. The highest BCUT2D eigenvalue weighted by Crippen LogP contribution is 2.21. The summed E-state index contributed by atoms with van der Waals surface area (Å²) in [5.74, 6) is 0.398. The number of rotatable bonds is 3. The summed E-state index contributed by atoms with van der Waals surface area (Å²) in [6.07, 6.45) is 1.02. The average molecular weight is 424 g/mol. The van der Waals surface area contributed by atoms with Gasteiger partial charge in [0.05, 0.1) is 12.2 Å². The van der Waals surface area contributed by atoms with Crippen LogP contribution in [0.5, 0.6) is 0 Å². The van der Waals surface area contributed by atoms with Crippen molar-refractivity contribution in [1.29, 1.82) is 0 Å². The zero-order chi connectivity index (χ0) is 13.1. The number of amides is 1. The van der Waals surface area contributed by atoms with Gasteiger partial charge in [-0.1, -0.05) is 0 Å². The highest BCUT2D eigenvalue weighted by atomic mass is 127. The van der Waals surface area contributed by atoms with E-state index in [1.165, 1.54) is 0 Å². The van der Waals surface area contributed by atoms with E-state index in [1.807, 2.05) is 25.1 Å². The normalized spacial score (nSPS) is 20.7. The molecule has 1 aromatic rings. The molecule has 2 rings (SSSR count). The van der Waals surface area contributed by atoms with E-state index in [4.69, 9.17) is 4.74 Å². The maximum Gasteiger partial charge on any atom is 0.252 e. The molecule has 0 spiro atoms. The Labute approximate surface area is 129 Å². The van der Waals surface area contributed by atoms with Gasteiger partial charge in [0.15, 0.2) is 0 Å². The van der Waals surface area contributed by atoms with E-state index in [9.17, 15) is 4.79 Å². The van der Waals surface area contributed by atoms with Crippen molar-refractivity contribution in [1.82, 2.24) is 5.32 Å². The Hall–Kier alpha value is -0.140. The van der Waals surface area contributed by atoms with E-state index in [2.05, 4.69) is 43.8 Å². The van der Waals surface area contributed by atoms with E-state index in [-0.39, 0.29) is 11.9 Å².